The molecule has 0 aromatic carbocycles. The van der Waals surface area contributed by atoms with Gasteiger partial charge in [-0.25, -0.2) is 0 Å². The van der Waals surface area contributed by atoms with Gasteiger partial charge in [-0.1, -0.05) is 19.8 Å². The summed E-state index contributed by atoms with van der Waals surface area (Å²) < 4.78 is 0. The summed E-state index contributed by atoms with van der Waals surface area (Å²) in [6.07, 6.45) is 8.11. The Balaban J connectivity index is 2.05. The molecule has 4 heteroatoms. The minimum absolute atomic E-state index is 0.144. The van der Waals surface area contributed by atoms with Crippen molar-refractivity contribution in [3.05, 3.63) is 0 Å². The number of nitrogens with one attached hydrogen (secondary N) is 2. The highest BCUT2D eigenvalue weighted by Crippen LogP contribution is 2.09. The number of hydrogen-bond donors (Lipinski definition) is 2. The molecule has 0 unspecified atom stereocenters. The van der Waals surface area contributed by atoms with E-state index >= 15 is 0 Å². The second-order valence-corrected chi connectivity index (χ2v) is 5.66. The summed E-state index contributed by atoms with van der Waals surface area (Å²) in [5.41, 5.74) is 0. The van der Waals surface area contributed by atoms with Gasteiger partial charge in [-0.15, -0.1) is 6.42 Å². The van der Waals surface area contributed by atoms with Crippen LogP contribution in [-0.2, 0) is 4.79 Å². The molecule has 108 valence electrons. The van der Waals surface area contributed by atoms with Crippen LogP contribution < -0.4 is 10.6 Å². The summed E-state index contributed by atoms with van der Waals surface area (Å²) in [6, 6.07) is 0.534. The fourth-order valence-corrected chi connectivity index (χ4v) is 2.22. The van der Waals surface area contributed by atoms with E-state index in [-0.39, 0.29) is 5.91 Å². The molecule has 1 aliphatic rings. The lowest BCUT2D eigenvalue weighted by Gasteiger charge is -2.31. The highest BCUT2D eigenvalue weighted by Gasteiger charge is 2.17. The molecule has 1 aliphatic heterocycles. The van der Waals surface area contributed by atoms with Crippen molar-refractivity contribution < 1.29 is 4.79 Å². The first-order chi connectivity index (χ1) is 9.11. The predicted octanol–water partition coefficient (Wildman–Crippen LogP) is 0.836. The van der Waals surface area contributed by atoms with Gasteiger partial charge in [0, 0.05) is 38.6 Å². The van der Waals surface area contributed by atoms with E-state index in [1.165, 1.54) is 0 Å². The van der Waals surface area contributed by atoms with Gasteiger partial charge in [0.15, 0.2) is 0 Å². The molecule has 0 aromatic heterocycles. The van der Waals surface area contributed by atoms with E-state index in [0.29, 0.717) is 18.4 Å². The third kappa shape index (κ3) is 7.19. The summed E-state index contributed by atoms with van der Waals surface area (Å²) in [4.78, 5) is 13.8. The van der Waals surface area contributed by atoms with Crippen LogP contribution in [-0.4, -0.2) is 49.6 Å². The summed E-state index contributed by atoms with van der Waals surface area (Å²) in [7, 11) is 0. The average Bonchev–Trinajstić information content (AvgIpc) is 2.39. The Bertz CT molecular complexity index is 301. The average molecular weight is 265 g/mol. The maximum atomic E-state index is 11.5. The number of hydrogen-bond acceptors (Lipinski definition) is 3. The molecule has 4 nitrogen and oxygen atoms in total. The molecule has 2 N–H and O–H groups in total. The summed E-state index contributed by atoms with van der Waals surface area (Å²) in [5.74, 6) is 3.34. The van der Waals surface area contributed by atoms with Crippen molar-refractivity contribution in [2.75, 3.05) is 32.7 Å². The summed E-state index contributed by atoms with van der Waals surface area (Å²) in [6.45, 7) is 8.60. The molecule has 0 bridgehead atoms. The molecule has 0 spiro atoms. The summed E-state index contributed by atoms with van der Waals surface area (Å²) >= 11 is 0. The minimum atomic E-state index is 0.144. The lowest BCUT2D eigenvalue weighted by molar-refractivity contribution is -0.121. The molecule has 19 heavy (non-hydrogen) atoms. The second-order valence-electron chi connectivity index (χ2n) is 5.66. The number of nitrogens with zero attached hydrogens (tertiary/aromatic N) is 1. The molecular formula is C15H27N3O. The van der Waals surface area contributed by atoms with Crippen molar-refractivity contribution in [3.63, 3.8) is 0 Å². The zero-order chi connectivity index (χ0) is 14.1. The van der Waals surface area contributed by atoms with Crippen LogP contribution in [0.4, 0.5) is 0 Å². The van der Waals surface area contributed by atoms with Crippen LogP contribution in [0.3, 0.4) is 0 Å². The van der Waals surface area contributed by atoms with Crippen LogP contribution in [0.15, 0.2) is 0 Å². The number of rotatable bonds is 7. The van der Waals surface area contributed by atoms with Crippen LogP contribution in [0.1, 0.15) is 33.1 Å². The summed E-state index contributed by atoms with van der Waals surface area (Å²) in [5, 5.41) is 6.40. The number of amides is 1. The van der Waals surface area contributed by atoms with Gasteiger partial charge in [0.2, 0.25) is 5.91 Å². The number of likely N-dealkylation sites (tertiary alicyclic amines) is 1. The highest BCUT2D eigenvalue weighted by molar-refractivity contribution is 5.76. The first-order valence-corrected chi connectivity index (χ1v) is 7.27. The fraction of sp³-hybridized carbons (Fsp3) is 0.800. The van der Waals surface area contributed by atoms with Gasteiger partial charge in [-0.3, -0.25) is 9.69 Å². The van der Waals surface area contributed by atoms with E-state index in [1.807, 2.05) is 0 Å². The lowest BCUT2D eigenvalue weighted by atomic mass is 10.1. The maximum absolute atomic E-state index is 11.5. The first kappa shape index (κ1) is 16.0. The molecule has 0 aromatic rings. The monoisotopic (exact) mass is 265 g/mol. The van der Waals surface area contributed by atoms with Crippen molar-refractivity contribution in [2.24, 2.45) is 5.92 Å². The Hall–Kier alpha value is -1.05. The Kier molecular flexibility index (Phi) is 7.54. The van der Waals surface area contributed by atoms with Crippen molar-refractivity contribution in [1.29, 1.82) is 0 Å². The predicted molar refractivity (Wildman–Crippen MR) is 78.8 cm³/mol. The van der Waals surface area contributed by atoms with Crippen molar-refractivity contribution in [3.8, 4) is 12.3 Å². The van der Waals surface area contributed by atoms with Crippen LogP contribution in [0.5, 0.6) is 0 Å². The number of carbonyl (C=O) groups is 1. The van der Waals surface area contributed by atoms with Gasteiger partial charge in [0.1, 0.15) is 0 Å². The molecule has 1 amide bonds. The molecule has 1 saturated heterocycles. The van der Waals surface area contributed by atoms with Crippen LogP contribution in [0, 0.1) is 18.3 Å². The Labute approximate surface area is 117 Å². The zero-order valence-electron chi connectivity index (χ0n) is 12.2. The molecule has 0 aliphatic carbocycles. The molecule has 0 radical (unpaired) electrons. The van der Waals surface area contributed by atoms with Crippen molar-refractivity contribution in [2.45, 2.75) is 39.2 Å². The lowest BCUT2D eigenvalue weighted by Crippen LogP contribution is -2.43. The van der Waals surface area contributed by atoms with Gasteiger partial charge in [0.05, 0.1) is 6.54 Å². The number of carbonyl (C=O) groups excluding carboxylic acids is 1. The van der Waals surface area contributed by atoms with Crippen LogP contribution in [0.25, 0.3) is 0 Å². The molecule has 0 atom stereocenters. The maximum Gasteiger partial charge on any atom is 0.221 e. The van der Waals surface area contributed by atoms with Gasteiger partial charge in [0.25, 0.3) is 0 Å². The van der Waals surface area contributed by atoms with Gasteiger partial charge >= 0.3 is 0 Å². The van der Waals surface area contributed by atoms with E-state index in [1.54, 1.807) is 0 Å². The Morgan fingerprint density at radius 1 is 1.42 bits per heavy atom. The topological polar surface area (TPSA) is 44.4 Å². The largest absolute Gasteiger partial charge is 0.356 e. The van der Waals surface area contributed by atoms with Gasteiger partial charge in [-0.2, -0.15) is 0 Å². The van der Waals surface area contributed by atoms with E-state index in [4.69, 9.17) is 6.42 Å². The fourth-order valence-electron chi connectivity index (χ4n) is 2.22. The standard InChI is InChI=1S/C15H27N3O/c1-4-9-18-10-6-14(7-11-18)16-8-5-15(19)17-12-13(2)3/h1,13-14,16H,5-12H2,2-3H3,(H,17,19). The van der Waals surface area contributed by atoms with E-state index < -0.39 is 0 Å². The zero-order valence-corrected chi connectivity index (χ0v) is 12.2. The van der Waals surface area contributed by atoms with Crippen LogP contribution in [0.2, 0.25) is 0 Å². The SMILES string of the molecule is C#CCN1CCC(NCCC(=O)NCC(C)C)CC1. The second kappa shape index (κ2) is 8.95. The van der Waals surface area contributed by atoms with E-state index in [0.717, 1.165) is 45.6 Å². The van der Waals surface area contributed by atoms with E-state index in [2.05, 4.69) is 35.3 Å². The number of piperidine rings is 1. The first-order valence-electron chi connectivity index (χ1n) is 7.27. The molecule has 1 heterocycles. The van der Waals surface area contributed by atoms with Crippen LogP contribution >= 0.6 is 0 Å². The smallest absolute Gasteiger partial charge is 0.221 e. The number of terminal acetylenes is 1. The van der Waals surface area contributed by atoms with E-state index in [9.17, 15) is 4.79 Å². The third-order valence-corrected chi connectivity index (χ3v) is 3.40. The molecule has 1 fully saturated rings. The Morgan fingerprint density at radius 3 is 2.68 bits per heavy atom. The highest BCUT2D eigenvalue weighted by atomic mass is 16.1. The quantitative estimate of drug-likeness (QED) is 0.670. The molecular weight excluding hydrogens is 238 g/mol. The van der Waals surface area contributed by atoms with Crippen molar-refractivity contribution in [1.82, 2.24) is 15.5 Å². The Morgan fingerprint density at radius 2 is 2.11 bits per heavy atom. The van der Waals surface area contributed by atoms with Gasteiger partial charge < -0.3 is 10.6 Å². The molecule has 1 rings (SSSR count). The third-order valence-electron chi connectivity index (χ3n) is 3.40. The minimum Gasteiger partial charge on any atom is -0.356 e. The molecule has 0 saturated carbocycles. The normalized spacial score (nSPS) is 17.4. The van der Waals surface area contributed by atoms with Crippen molar-refractivity contribution >= 4 is 5.91 Å². The van der Waals surface area contributed by atoms with Gasteiger partial charge in [-0.05, 0) is 18.8 Å².